The predicted molar refractivity (Wildman–Crippen MR) is 79.2 cm³/mol. The van der Waals surface area contributed by atoms with E-state index in [-0.39, 0.29) is 0 Å². The van der Waals surface area contributed by atoms with Crippen molar-refractivity contribution in [1.82, 2.24) is 0 Å². The number of hydrogen-bond donors (Lipinski definition) is 1. The summed E-state index contributed by atoms with van der Waals surface area (Å²) in [4.78, 5) is 2.30. The summed E-state index contributed by atoms with van der Waals surface area (Å²) in [5.41, 5.74) is 10.5. The number of para-hydroxylation sites is 1. The molecule has 1 aliphatic heterocycles. The van der Waals surface area contributed by atoms with E-state index >= 15 is 0 Å². The number of rotatable bonds is 3. The quantitative estimate of drug-likeness (QED) is 0.853. The minimum absolute atomic E-state index is 0.652. The van der Waals surface area contributed by atoms with Crippen molar-refractivity contribution in [2.45, 2.75) is 13.3 Å². The van der Waals surface area contributed by atoms with Gasteiger partial charge in [-0.25, -0.2) is 0 Å². The molecule has 0 amide bonds. The van der Waals surface area contributed by atoms with Gasteiger partial charge in [-0.15, -0.1) is 0 Å². The van der Waals surface area contributed by atoms with Crippen LogP contribution in [0.25, 0.3) is 0 Å². The molecule has 0 unspecified atom stereocenters. The highest BCUT2D eigenvalue weighted by Crippen LogP contribution is 2.36. The number of nitrogens with two attached hydrogens (primary N) is 1. The standard InChI is InChI=1S/C16H18N2O/c1-2-19-15-10-13(17)9-14(11-15)18-8-7-12-5-3-4-6-16(12)18/h3-6,9-11H,2,7-8,17H2,1H3. The van der Waals surface area contributed by atoms with E-state index in [1.54, 1.807) is 0 Å². The predicted octanol–water partition coefficient (Wildman–Crippen LogP) is 3.36. The summed E-state index contributed by atoms with van der Waals surface area (Å²) < 4.78 is 5.57. The molecule has 0 fully saturated rings. The second kappa shape index (κ2) is 4.84. The summed E-state index contributed by atoms with van der Waals surface area (Å²) in [6.45, 7) is 3.63. The van der Waals surface area contributed by atoms with E-state index in [0.29, 0.717) is 6.61 Å². The van der Waals surface area contributed by atoms with Crippen LogP contribution >= 0.6 is 0 Å². The molecule has 98 valence electrons. The number of ether oxygens (including phenoxy) is 1. The molecule has 2 aromatic rings. The highest BCUT2D eigenvalue weighted by atomic mass is 16.5. The number of fused-ring (bicyclic) bond motifs is 1. The summed E-state index contributed by atoms with van der Waals surface area (Å²) in [6, 6.07) is 14.4. The average Bonchev–Trinajstić information content (AvgIpc) is 2.82. The van der Waals surface area contributed by atoms with Gasteiger partial charge in [0.25, 0.3) is 0 Å². The Labute approximate surface area is 113 Å². The molecule has 3 nitrogen and oxygen atoms in total. The van der Waals surface area contributed by atoms with E-state index in [9.17, 15) is 0 Å². The first kappa shape index (κ1) is 11.9. The fourth-order valence-corrected chi connectivity index (χ4v) is 2.62. The summed E-state index contributed by atoms with van der Waals surface area (Å²) in [5, 5.41) is 0. The molecule has 19 heavy (non-hydrogen) atoms. The van der Waals surface area contributed by atoms with Crippen LogP contribution in [0.3, 0.4) is 0 Å². The molecule has 0 saturated heterocycles. The fourth-order valence-electron chi connectivity index (χ4n) is 2.62. The third kappa shape index (κ3) is 2.24. The first-order chi connectivity index (χ1) is 9.28. The maximum atomic E-state index is 5.97. The number of nitrogen functional groups attached to an aromatic ring is 1. The van der Waals surface area contributed by atoms with E-state index in [4.69, 9.17) is 10.5 Å². The maximum absolute atomic E-state index is 5.97. The Morgan fingerprint density at radius 3 is 2.89 bits per heavy atom. The van der Waals surface area contributed by atoms with Crippen LogP contribution in [0.2, 0.25) is 0 Å². The number of nitrogens with zero attached hydrogens (tertiary/aromatic N) is 1. The SMILES string of the molecule is CCOc1cc(N)cc(N2CCc3ccccc32)c1. The molecular weight excluding hydrogens is 236 g/mol. The lowest BCUT2D eigenvalue weighted by Crippen LogP contribution is -2.13. The molecule has 0 spiro atoms. The normalized spacial score (nSPS) is 13.4. The minimum Gasteiger partial charge on any atom is -0.494 e. The molecule has 0 radical (unpaired) electrons. The molecular formula is C16H18N2O. The first-order valence-electron chi connectivity index (χ1n) is 6.66. The van der Waals surface area contributed by atoms with Crippen molar-refractivity contribution in [3.63, 3.8) is 0 Å². The van der Waals surface area contributed by atoms with Crippen molar-refractivity contribution in [1.29, 1.82) is 0 Å². The van der Waals surface area contributed by atoms with E-state index in [0.717, 1.165) is 30.1 Å². The number of anilines is 3. The van der Waals surface area contributed by atoms with Gasteiger partial charge < -0.3 is 15.4 Å². The van der Waals surface area contributed by atoms with Gasteiger partial charge in [0, 0.05) is 35.7 Å². The lowest BCUT2D eigenvalue weighted by molar-refractivity contribution is 0.340. The lowest BCUT2D eigenvalue weighted by Gasteiger charge is -2.21. The van der Waals surface area contributed by atoms with Gasteiger partial charge in [-0.05, 0) is 31.0 Å². The van der Waals surface area contributed by atoms with Gasteiger partial charge in [0.05, 0.1) is 6.61 Å². The molecule has 0 bridgehead atoms. The molecule has 0 aromatic heterocycles. The van der Waals surface area contributed by atoms with E-state index < -0.39 is 0 Å². The Kier molecular flexibility index (Phi) is 3.03. The van der Waals surface area contributed by atoms with Crippen LogP contribution in [0, 0.1) is 0 Å². The van der Waals surface area contributed by atoms with Gasteiger partial charge in [-0.1, -0.05) is 18.2 Å². The van der Waals surface area contributed by atoms with Crippen LogP contribution in [0.5, 0.6) is 5.75 Å². The Balaban J connectivity index is 1.99. The molecule has 1 aliphatic rings. The highest BCUT2D eigenvalue weighted by Gasteiger charge is 2.20. The van der Waals surface area contributed by atoms with Gasteiger partial charge in [-0.2, -0.15) is 0 Å². The summed E-state index contributed by atoms with van der Waals surface area (Å²) >= 11 is 0. The Morgan fingerprint density at radius 1 is 1.21 bits per heavy atom. The summed E-state index contributed by atoms with van der Waals surface area (Å²) in [7, 11) is 0. The molecule has 3 rings (SSSR count). The zero-order chi connectivity index (χ0) is 13.2. The van der Waals surface area contributed by atoms with E-state index in [2.05, 4.69) is 35.2 Å². The second-order valence-electron chi connectivity index (χ2n) is 4.72. The van der Waals surface area contributed by atoms with Crippen LogP contribution in [-0.2, 0) is 6.42 Å². The average molecular weight is 254 g/mol. The fraction of sp³-hybridized carbons (Fsp3) is 0.250. The Bertz CT molecular complexity index is 595. The maximum Gasteiger partial charge on any atom is 0.123 e. The van der Waals surface area contributed by atoms with Crippen molar-refractivity contribution in [3.8, 4) is 5.75 Å². The molecule has 3 heteroatoms. The first-order valence-corrected chi connectivity index (χ1v) is 6.66. The Morgan fingerprint density at radius 2 is 2.05 bits per heavy atom. The van der Waals surface area contributed by atoms with Gasteiger partial charge in [-0.3, -0.25) is 0 Å². The molecule has 0 atom stereocenters. The zero-order valence-electron chi connectivity index (χ0n) is 11.1. The molecule has 1 heterocycles. The van der Waals surface area contributed by atoms with Crippen LogP contribution in [0.4, 0.5) is 17.1 Å². The van der Waals surface area contributed by atoms with E-state index in [1.165, 1.54) is 11.3 Å². The third-order valence-corrected chi connectivity index (χ3v) is 3.42. The summed E-state index contributed by atoms with van der Waals surface area (Å²) in [6.07, 6.45) is 1.08. The van der Waals surface area contributed by atoms with E-state index in [1.807, 2.05) is 19.1 Å². The summed E-state index contributed by atoms with van der Waals surface area (Å²) in [5.74, 6) is 0.835. The zero-order valence-corrected chi connectivity index (χ0v) is 11.1. The van der Waals surface area contributed by atoms with Gasteiger partial charge in [0.2, 0.25) is 0 Å². The molecule has 0 aliphatic carbocycles. The van der Waals surface area contributed by atoms with Crippen LogP contribution in [-0.4, -0.2) is 13.2 Å². The van der Waals surface area contributed by atoms with Gasteiger partial charge in [0.1, 0.15) is 5.75 Å². The van der Waals surface area contributed by atoms with Crippen molar-refractivity contribution in [3.05, 3.63) is 48.0 Å². The molecule has 2 aromatic carbocycles. The van der Waals surface area contributed by atoms with Crippen molar-refractivity contribution in [2.24, 2.45) is 0 Å². The monoisotopic (exact) mass is 254 g/mol. The number of benzene rings is 2. The van der Waals surface area contributed by atoms with Crippen molar-refractivity contribution in [2.75, 3.05) is 23.8 Å². The highest BCUT2D eigenvalue weighted by molar-refractivity contribution is 5.73. The number of hydrogen-bond acceptors (Lipinski definition) is 3. The Hall–Kier alpha value is -2.16. The largest absolute Gasteiger partial charge is 0.494 e. The topological polar surface area (TPSA) is 38.5 Å². The molecule has 0 saturated carbocycles. The third-order valence-electron chi connectivity index (χ3n) is 3.42. The minimum atomic E-state index is 0.652. The van der Waals surface area contributed by atoms with Crippen LogP contribution in [0.1, 0.15) is 12.5 Å². The second-order valence-corrected chi connectivity index (χ2v) is 4.72. The van der Waals surface area contributed by atoms with Crippen molar-refractivity contribution < 1.29 is 4.74 Å². The van der Waals surface area contributed by atoms with Crippen LogP contribution < -0.4 is 15.4 Å². The molecule has 2 N–H and O–H groups in total. The van der Waals surface area contributed by atoms with Crippen LogP contribution in [0.15, 0.2) is 42.5 Å². The van der Waals surface area contributed by atoms with Crippen molar-refractivity contribution >= 4 is 17.1 Å². The smallest absolute Gasteiger partial charge is 0.123 e. The lowest BCUT2D eigenvalue weighted by atomic mass is 10.2. The van der Waals surface area contributed by atoms with Gasteiger partial charge >= 0.3 is 0 Å². The van der Waals surface area contributed by atoms with Gasteiger partial charge in [0.15, 0.2) is 0 Å².